The SMILES string of the molecule is NNc1cc(C(=O)N2CCC(CO)C2)ccc1[N+](=O)[O-]. The Bertz CT molecular complexity index is 534. The van der Waals surface area contributed by atoms with Gasteiger partial charge in [-0.15, -0.1) is 0 Å². The van der Waals surface area contributed by atoms with Crippen LogP contribution in [0, 0.1) is 16.0 Å². The smallest absolute Gasteiger partial charge is 0.293 e. The highest BCUT2D eigenvalue weighted by Gasteiger charge is 2.27. The number of benzene rings is 1. The lowest BCUT2D eigenvalue weighted by atomic mass is 10.1. The van der Waals surface area contributed by atoms with Crippen molar-refractivity contribution in [2.45, 2.75) is 6.42 Å². The molecule has 2 rings (SSSR count). The molecule has 0 spiro atoms. The first-order valence-electron chi connectivity index (χ1n) is 6.22. The van der Waals surface area contributed by atoms with Gasteiger partial charge in [-0.05, 0) is 18.6 Å². The van der Waals surface area contributed by atoms with Gasteiger partial charge in [-0.25, -0.2) is 0 Å². The number of nitrogen functional groups attached to an aromatic ring is 1. The second-order valence-electron chi connectivity index (χ2n) is 4.72. The van der Waals surface area contributed by atoms with Crippen LogP contribution in [0.2, 0.25) is 0 Å². The van der Waals surface area contributed by atoms with Gasteiger partial charge >= 0.3 is 0 Å². The van der Waals surface area contributed by atoms with Crippen molar-refractivity contribution in [1.82, 2.24) is 4.90 Å². The van der Waals surface area contributed by atoms with E-state index in [2.05, 4.69) is 5.43 Å². The largest absolute Gasteiger partial charge is 0.396 e. The second kappa shape index (κ2) is 5.85. The van der Waals surface area contributed by atoms with Crippen molar-refractivity contribution in [2.24, 2.45) is 11.8 Å². The minimum atomic E-state index is -0.568. The van der Waals surface area contributed by atoms with Gasteiger partial charge in [0.05, 0.1) is 4.92 Å². The van der Waals surface area contributed by atoms with Gasteiger partial charge in [0.1, 0.15) is 5.69 Å². The van der Waals surface area contributed by atoms with Crippen LogP contribution < -0.4 is 11.3 Å². The van der Waals surface area contributed by atoms with E-state index >= 15 is 0 Å². The zero-order chi connectivity index (χ0) is 14.7. The van der Waals surface area contributed by atoms with Gasteiger partial charge in [0.15, 0.2) is 0 Å². The fraction of sp³-hybridized carbons (Fsp3) is 0.417. The van der Waals surface area contributed by atoms with Crippen LogP contribution in [-0.2, 0) is 0 Å². The Morgan fingerprint density at radius 2 is 2.35 bits per heavy atom. The number of hydrazine groups is 1. The normalized spacial score (nSPS) is 18.1. The number of amides is 1. The van der Waals surface area contributed by atoms with Gasteiger partial charge in [0, 0.05) is 37.2 Å². The summed E-state index contributed by atoms with van der Waals surface area (Å²) in [5, 5.41) is 19.9. The third-order valence-electron chi connectivity index (χ3n) is 3.43. The minimum absolute atomic E-state index is 0.0552. The summed E-state index contributed by atoms with van der Waals surface area (Å²) in [7, 11) is 0. The molecule has 1 unspecified atom stereocenters. The van der Waals surface area contributed by atoms with E-state index in [0.29, 0.717) is 18.7 Å². The van der Waals surface area contributed by atoms with Crippen molar-refractivity contribution in [2.75, 3.05) is 25.1 Å². The second-order valence-corrected chi connectivity index (χ2v) is 4.72. The number of aliphatic hydroxyl groups is 1. The number of carbonyl (C=O) groups excluding carboxylic acids is 1. The van der Waals surface area contributed by atoms with Gasteiger partial charge < -0.3 is 15.4 Å². The number of likely N-dealkylation sites (tertiary alicyclic amines) is 1. The number of rotatable bonds is 4. The number of nitrogens with zero attached hydrogens (tertiary/aromatic N) is 2. The number of carbonyl (C=O) groups is 1. The van der Waals surface area contributed by atoms with Crippen LogP contribution in [0.25, 0.3) is 0 Å². The Morgan fingerprint density at radius 1 is 1.60 bits per heavy atom. The Balaban J connectivity index is 2.21. The molecule has 0 saturated carbocycles. The van der Waals surface area contributed by atoms with Crippen molar-refractivity contribution in [1.29, 1.82) is 0 Å². The molecule has 1 fully saturated rings. The van der Waals surface area contributed by atoms with Crippen LogP contribution in [0.5, 0.6) is 0 Å². The lowest BCUT2D eigenvalue weighted by molar-refractivity contribution is -0.384. The number of nitrogens with one attached hydrogen (secondary N) is 1. The molecule has 4 N–H and O–H groups in total. The van der Waals surface area contributed by atoms with Gasteiger partial charge in [-0.2, -0.15) is 0 Å². The van der Waals surface area contributed by atoms with E-state index in [4.69, 9.17) is 10.9 Å². The Morgan fingerprint density at radius 3 is 2.90 bits per heavy atom. The first-order valence-corrected chi connectivity index (χ1v) is 6.22. The third kappa shape index (κ3) is 2.70. The fourth-order valence-corrected chi connectivity index (χ4v) is 2.29. The molecule has 20 heavy (non-hydrogen) atoms. The molecule has 1 atom stereocenters. The lowest BCUT2D eigenvalue weighted by Crippen LogP contribution is -2.29. The molecular formula is C12H16N4O4. The molecule has 1 aromatic carbocycles. The van der Waals surface area contributed by atoms with Crippen LogP contribution >= 0.6 is 0 Å². The van der Waals surface area contributed by atoms with Crippen molar-refractivity contribution in [3.05, 3.63) is 33.9 Å². The van der Waals surface area contributed by atoms with Crippen LogP contribution in [0.1, 0.15) is 16.8 Å². The molecule has 8 nitrogen and oxygen atoms in total. The lowest BCUT2D eigenvalue weighted by Gasteiger charge is -2.16. The molecule has 1 aromatic rings. The van der Waals surface area contributed by atoms with E-state index in [1.165, 1.54) is 18.2 Å². The van der Waals surface area contributed by atoms with Crippen LogP contribution in [0.4, 0.5) is 11.4 Å². The van der Waals surface area contributed by atoms with Crippen molar-refractivity contribution in [3.63, 3.8) is 0 Å². The van der Waals surface area contributed by atoms with Crippen molar-refractivity contribution in [3.8, 4) is 0 Å². The Labute approximate surface area is 115 Å². The molecule has 0 aromatic heterocycles. The Hall–Kier alpha value is -2.19. The minimum Gasteiger partial charge on any atom is -0.396 e. The third-order valence-corrected chi connectivity index (χ3v) is 3.43. The van der Waals surface area contributed by atoms with E-state index in [9.17, 15) is 14.9 Å². The van der Waals surface area contributed by atoms with Crippen LogP contribution in [0.3, 0.4) is 0 Å². The summed E-state index contributed by atoms with van der Waals surface area (Å²) in [4.78, 5) is 24.1. The van der Waals surface area contributed by atoms with Gasteiger partial charge in [0.25, 0.3) is 11.6 Å². The number of hydrogen-bond donors (Lipinski definition) is 3. The summed E-state index contributed by atoms with van der Waals surface area (Å²) in [5.41, 5.74) is 2.48. The molecule has 1 saturated heterocycles. The van der Waals surface area contributed by atoms with E-state index in [1.54, 1.807) is 4.90 Å². The highest BCUT2D eigenvalue weighted by Crippen LogP contribution is 2.26. The number of anilines is 1. The number of nitro benzene ring substituents is 1. The molecular weight excluding hydrogens is 264 g/mol. The molecule has 1 aliphatic rings. The van der Waals surface area contributed by atoms with Gasteiger partial charge in [0.2, 0.25) is 0 Å². The number of nitrogens with two attached hydrogens (primary N) is 1. The number of nitro groups is 1. The van der Waals surface area contributed by atoms with Gasteiger partial charge in [-0.1, -0.05) is 0 Å². The van der Waals surface area contributed by atoms with Crippen LogP contribution in [0.15, 0.2) is 18.2 Å². The predicted octanol–water partition coefficient (Wildman–Crippen LogP) is 0.335. The zero-order valence-corrected chi connectivity index (χ0v) is 10.8. The summed E-state index contributed by atoms with van der Waals surface area (Å²) >= 11 is 0. The molecule has 8 heteroatoms. The first kappa shape index (κ1) is 14.2. The molecule has 0 bridgehead atoms. The van der Waals surface area contributed by atoms with Crippen LogP contribution in [-0.4, -0.2) is 40.5 Å². The zero-order valence-electron chi connectivity index (χ0n) is 10.8. The van der Waals surface area contributed by atoms with E-state index < -0.39 is 4.92 Å². The Kier molecular flexibility index (Phi) is 4.16. The topological polar surface area (TPSA) is 122 Å². The average Bonchev–Trinajstić information content (AvgIpc) is 2.94. The number of aliphatic hydroxyl groups excluding tert-OH is 1. The fourth-order valence-electron chi connectivity index (χ4n) is 2.29. The summed E-state index contributed by atoms with van der Waals surface area (Å²) in [6, 6.07) is 4.03. The summed E-state index contributed by atoms with van der Waals surface area (Å²) in [6.45, 7) is 1.13. The van der Waals surface area contributed by atoms with E-state index in [0.717, 1.165) is 6.42 Å². The molecule has 1 heterocycles. The maximum atomic E-state index is 12.3. The first-order chi connectivity index (χ1) is 9.56. The quantitative estimate of drug-likeness (QED) is 0.415. The molecule has 0 radical (unpaired) electrons. The van der Waals surface area contributed by atoms with E-state index in [-0.39, 0.29) is 29.8 Å². The predicted molar refractivity (Wildman–Crippen MR) is 72.0 cm³/mol. The maximum Gasteiger partial charge on any atom is 0.293 e. The maximum absolute atomic E-state index is 12.3. The van der Waals surface area contributed by atoms with Gasteiger partial charge in [-0.3, -0.25) is 20.8 Å². The van der Waals surface area contributed by atoms with E-state index in [1.807, 2.05) is 0 Å². The highest BCUT2D eigenvalue weighted by molar-refractivity contribution is 5.96. The molecule has 1 amide bonds. The monoisotopic (exact) mass is 280 g/mol. The summed E-state index contributed by atoms with van der Waals surface area (Å²) in [5.74, 6) is 5.13. The molecule has 108 valence electrons. The standard InChI is InChI=1S/C12H16N4O4/c13-14-10-5-9(1-2-11(10)16(19)20)12(18)15-4-3-8(6-15)7-17/h1-2,5,8,14,17H,3-4,6-7,13H2. The molecule has 0 aliphatic carbocycles. The summed E-state index contributed by atoms with van der Waals surface area (Å²) in [6.07, 6.45) is 0.761. The van der Waals surface area contributed by atoms with Crippen molar-refractivity contribution < 1.29 is 14.8 Å². The summed E-state index contributed by atoms with van der Waals surface area (Å²) < 4.78 is 0. The average molecular weight is 280 g/mol. The number of hydrogen-bond acceptors (Lipinski definition) is 6. The van der Waals surface area contributed by atoms with Crippen molar-refractivity contribution >= 4 is 17.3 Å². The highest BCUT2D eigenvalue weighted by atomic mass is 16.6. The molecule has 1 aliphatic heterocycles.